The van der Waals surface area contributed by atoms with E-state index in [1.165, 1.54) is 109 Å². The van der Waals surface area contributed by atoms with Gasteiger partial charge in [-0.2, -0.15) is 0 Å². The van der Waals surface area contributed by atoms with Crippen molar-refractivity contribution >= 4 is 82.0 Å². The number of nitrogens with zero attached hydrogens (tertiary/aromatic N) is 2. The molecule has 2 heteroatoms. The van der Waals surface area contributed by atoms with Gasteiger partial charge in [-0.3, -0.25) is 0 Å². The Labute approximate surface area is 423 Å². The lowest BCUT2D eigenvalue weighted by Crippen LogP contribution is -2.28. The molecule has 0 N–H and O–H groups in total. The van der Waals surface area contributed by atoms with Crippen LogP contribution >= 0.6 is 0 Å². The van der Waals surface area contributed by atoms with Gasteiger partial charge in [-0.1, -0.05) is 224 Å². The normalized spacial score (nSPS) is 12.8. The average molecular weight is 927 g/mol. The predicted octanol–water partition coefficient (Wildman–Crippen LogP) is 18.9. The van der Waals surface area contributed by atoms with Crippen molar-refractivity contribution in [3.8, 4) is 27.9 Å². The van der Waals surface area contributed by atoms with Crippen molar-refractivity contribution in [3.63, 3.8) is 0 Å². The number of fused-ring (bicyclic) bond motifs is 11. The molecule has 13 aromatic carbocycles. The van der Waals surface area contributed by atoms with Gasteiger partial charge in [0.2, 0.25) is 0 Å². The summed E-state index contributed by atoms with van der Waals surface area (Å²) in [7, 11) is 0. The third-order valence-corrected chi connectivity index (χ3v) is 15.8. The molecular formula is C71H46N2. The molecule has 1 aromatic heterocycles. The lowest BCUT2D eigenvalue weighted by molar-refractivity contribution is 0.768. The lowest BCUT2D eigenvalue weighted by Gasteiger charge is -2.33. The van der Waals surface area contributed by atoms with Crippen LogP contribution < -0.4 is 4.90 Å². The minimum Gasteiger partial charge on any atom is -0.309 e. The molecular weight excluding hydrogens is 881 g/mol. The SMILES string of the molecule is c1ccc(C2(c3ccccc3)c3ccccc3-c3cc(-n4c5ccccc5c5cc(-c6ccc(N(c7ccc8ccccc8c7)c7cc8ccccc8c8ccccc78)c7ccccc67)ccc54)ccc32)cc1. The number of anilines is 3. The average Bonchev–Trinajstić information content (AvgIpc) is 3.96. The zero-order chi connectivity index (χ0) is 48.0. The molecule has 14 aromatic rings. The van der Waals surface area contributed by atoms with Crippen LogP contribution in [0.2, 0.25) is 0 Å². The Hall–Kier alpha value is -9.50. The number of benzene rings is 13. The molecule has 2 nitrogen and oxygen atoms in total. The second-order valence-electron chi connectivity index (χ2n) is 19.5. The Balaban J connectivity index is 0.910. The van der Waals surface area contributed by atoms with Crippen LogP contribution in [-0.4, -0.2) is 4.57 Å². The topological polar surface area (TPSA) is 8.17 Å². The number of hydrogen-bond acceptors (Lipinski definition) is 1. The summed E-state index contributed by atoms with van der Waals surface area (Å²) in [5.41, 5.74) is 16.6. The molecule has 1 heterocycles. The Kier molecular flexibility index (Phi) is 9.21. The summed E-state index contributed by atoms with van der Waals surface area (Å²) in [6.45, 7) is 0. The fraction of sp³-hybridized carbons (Fsp3) is 0.0141. The molecule has 1 aliphatic carbocycles. The van der Waals surface area contributed by atoms with Gasteiger partial charge in [0.05, 0.1) is 27.8 Å². The van der Waals surface area contributed by atoms with Crippen LogP contribution in [0.1, 0.15) is 22.3 Å². The van der Waals surface area contributed by atoms with Gasteiger partial charge in [-0.15, -0.1) is 0 Å². The van der Waals surface area contributed by atoms with Gasteiger partial charge in [-0.05, 0) is 131 Å². The highest BCUT2D eigenvalue weighted by Gasteiger charge is 2.46. The van der Waals surface area contributed by atoms with Crippen LogP contribution in [0.4, 0.5) is 17.1 Å². The Morgan fingerprint density at radius 1 is 0.288 bits per heavy atom. The van der Waals surface area contributed by atoms with E-state index in [1.54, 1.807) is 0 Å². The summed E-state index contributed by atoms with van der Waals surface area (Å²) in [6, 6.07) is 104. The third-order valence-electron chi connectivity index (χ3n) is 15.8. The van der Waals surface area contributed by atoms with Gasteiger partial charge in [0.15, 0.2) is 0 Å². The highest BCUT2D eigenvalue weighted by molar-refractivity contribution is 6.17. The predicted molar refractivity (Wildman–Crippen MR) is 308 cm³/mol. The van der Waals surface area contributed by atoms with Crippen molar-refractivity contribution < 1.29 is 0 Å². The van der Waals surface area contributed by atoms with E-state index in [2.05, 4.69) is 289 Å². The molecule has 0 radical (unpaired) electrons. The van der Waals surface area contributed by atoms with E-state index in [9.17, 15) is 0 Å². The lowest BCUT2D eigenvalue weighted by atomic mass is 9.68. The monoisotopic (exact) mass is 926 g/mol. The highest BCUT2D eigenvalue weighted by Crippen LogP contribution is 2.57. The second kappa shape index (κ2) is 16.3. The quantitative estimate of drug-likeness (QED) is 0.145. The third kappa shape index (κ3) is 6.17. The first-order valence-corrected chi connectivity index (χ1v) is 25.3. The number of para-hydroxylation sites is 1. The standard InChI is InChI=1S/C71H46N2/c1-3-22-51(23-4-1)71(52-24-5-2-6-25-52)65-33-17-15-29-59(65)63-46-54(38-40-66(63)71)72-67-34-18-16-32-62(67)64-44-50(36-41-69(64)72)56-39-42-68(60-30-13-11-28-58(56)60)73(53-37-35-47-19-7-8-20-48(47)43-53)70-45-49-21-9-10-26-55(49)57-27-12-14-31-61(57)70/h1-46H. The van der Waals surface area contributed by atoms with Crippen molar-refractivity contribution in [1.82, 2.24) is 4.57 Å². The van der Waals surface area contributed by atoms with Gasteiger partial charge in [-0.25, -0.2) is 0 Å². The van der Waals surface area contributed by atoms with Crippen molar-refractivity contribution in [2.75, 3.05) is 4.90 Å². The molecule has 0 saturated carbocycles. The van der Waals surface area contributed by atoms with Crippen LogP contribution in [-0.2, 0) is 5.41 Å². The molecule has 0 atom stereocenters. The van der Waals surface area contributed by atoms with E-state index in [4.69, 9.17) is 0 Å². The summed E-state index contributed by atoms with van der Waals surface area (Å²) in [6.07, 6.45) is 0. The molecule has 73 heavy (non-hydrogen) atoms. The van der Waals surface area contributed by atoms with Gasteiger partial charge < -0.3 is 9.47 Å². The zero-order valence-corrected chi connectivity index (χ0v) is 40.0. The molecule has 0 bridgehead atoms. The Bertz CT molecular complexity index is 4470. The molecule has 340 valence electrons. The highest BCUT2D eigenvalue weighted by atomic mass is 15.1. The van der Waals surface area contributed by atoms with Crippen LogP contribution in [0.15, 0.2) is 279 Å². The van der Waals surface area contributed by atoms with E-state index in [0.717, 1.165) is 22.7 Å². The molecule has 0 aliphatic heterocycles. The van der Waals surface area contributed by atoms with E-state index >= 15 is 0 Å². The van der Waals surface area contributed by atoms with Gasteiger partial charge in [0.25, 0.3) is 0 Å². The van der Waals surface area contributed by atoms with Crippen molar-refractivity contribution in [1.29, 1.82) is 0 Å². The number of rotatable bonds is 7. The van der Waals surface area contributed by atoms with Crippen LogP contribution in [0.5, 0.6) is 0 Å². The molecule has 0 unspecified atom stereocenters. The minimum absolute atomic E-state index is 0.448. The molecule has 15 rings (SSSR count). The van der Waals surface area contributed by atoms with Crippen molar-refractivity contribution in [3.05, 3.63) is 301 Å². The molecule has 0 saturated heterocycles. The molecule has 0 fully saturated rings. The summed E-state index contributed by atoms with van der Waals surface area (Å²) < 4.78 is 2.47. The first-order chi connectivity index (χ1) is 36.2. The van der Waals surface area contributed by atoms with Crippen LogP contribution in [0.25, 0.3) is 92.8 Å². The summed E-state index contributed by atoms with van der Waals surface area (Å²) in [4.78, 5) is 2.49. The number of aromatic nitrogens is 1. The molecule has 1 aliphatic rings. The smallest absolute Gasteiger partial charge is 0.0713 e. The maximum Gasteiger partial charge on any atom is 0.0713 e. The van der Waals surface area contributed by atoms with Crippen LogP contribution in [0, 0.1) is 0 Å². The Morgan fingerprint density at radius 2 is 0.877 bits per heavy atom. The summed E-state index contributed by atoms with van der Waals surface area (Å²) in [5.74, 6) is 0. The molecule has 0 amide bonds. The van der Waals surface area contributed by atoms with Gasteiger partial charge in [0.1, 0.15) is 0 Å². The fourth-order valence-corrected chi connectivity index (χ4v) is 12.7. The van der Waals surface area contributed by atoms with E-state index in [0.29, 0.717) is 0 Å². The van der Waals surface area contributed by atoms with Gasteiger partial charge in [0, 0.05) is 32.9 Å². The Morgan fingerprint density at radius 3 is 1.66 bits per heavy atom. The van der Waals surface area contributed by atoms with Crippen molar-refractivity contribution in [2.45, 2.75) is 5.41 Å². The summed E-state index contributed by atoms with van der Waals surface area (Å²) >= 11 is 0. The van der Waals surface area contributed by atoms with E-state index in [-0.39, 0.29) is 0 Å². The fourth-order valence-electron chi connectivity index (χ4n) is 12.7. The van der Waals surface area contributed by atoms with Crippen LogP contribution in [0.3, 0.4) is 0 Å². The first-order valence-electron chi connectivity index (χ1n) is 25.3. The molecule has 0 spiro atoms. The largest absolute Gasteiger partial charge is 0.309 e. The summed E-state index contributed by atoms with van der Waals surface area (Å²) in [5, 5.41) is 12.2. The first kappa shape index (κ1) is 41.3. The van der Waals surface area contributed by atoms with Crippen molar-refractivity contribution in [2.24, 2.45) is 0 Å². The zero-order valence-electron chi connectivity index (χ0n) is 40.0. The van der Waals surface area contributed by atoms with E-state index < -0.39 is 5.41 Å². The second-order valence-corrected chi connectivity index (χ2v) is 19.5. The minimum atomic E-state index is -0.448. The van der Waals surface area contributed by atoms with E-state index in [1.807, 2.05) is 0 Å². The maximum absolute atomic E-state index is 2.49. The maximum atomic E-state index is 2.49. The number of hydrogen-bond donors (Lipinski definition) is 0. The van der Waals surface area contributed by atoms with Gasteiger partial charge >= 0.3 is 0 Å².